The number of ketones is 1. The van der Waals surface area contributed by atoms with Crippen LogP contribution in [0.1, 0.15) is 45.4 Å². The minimum absolute atomic E-state index is 0.0726. The Bertz CT molecular complexity index is 1960. The third-order valence-electron chi connectivity index (χ3n) is 8.67. The van der Waals surface area contributed by atoms with Gasteiger partial charge < -0.3 is 18.9 Å². The molecule has 1 aliphatic heterocycles. The standard InChI is InChI=1S/C38H33FN4O5/c1-45-29-17-13-27(14-18-29)38(26-11-7-4-8-12-26,28-15-19-30(46-2)20-16-28)47-22-31-21-32(39)37(48-31)43-24-42-34-33(40-23-41-36(34)43)35(44)25-9-5-3-6-10-25/h3-20,23-24,31-32,37H,21-22H2,1-2H3/t31-,32-,37-/m1/s1. The molecule has 242 valence electrons. The lowest BCUT2D eigenvalue weighted by Crippen LogP contribution is -2.35. The van der Waals surface area contributed by atoms with Crippen molar-refractivity contribution in [3.63, 3.8) is 0 Å². The van der Waals surface area contributed by atoms with Crippen LogP contribution in [0.15, 0.2) is 122 Å². The van der Waals surface area contributed by atoms with Crippen molar-refractivity contribution in [2.45, 2.75) is 30.5 Å². The van der Waals surface area contributed by atoms with Crippen molar-refractivity contribution in [3.8, 4) is 11.5 Å². The molecule has 2 aromatic heterocycles. The molecule has 9 nitrogen and oxygen atoms in total. The summed E-state index contributed by atoms with van der Waals surface area (Å²) in [5.41, 5.74) is 2.74. The van der Waals surface area contributed by atoms with Gasteiger partial charge >= 0.3 is 0 Å². The highest BCUT2D eigenvalue weighted by Crippen LogP contribution is 2.43. The molecule has 7 rings (SSSR count). The Morgan fingerprint density at radius 1 is 0.812 bits per heavy atom. The Labute approximate surface area is 276 Å². The number of nitrogens with zero attached hydrogens (tertiary/aromatic N) is 4. The number of benzene rings is 4. The third-order valence-corrected chi connectivity index (χ3v) is 8.67. The first-order chi connectivity index (χ1) is 23.5. The van der Waals surface area contributed by atoms with E-state index in [0.29, 0.717) is 22.7 Å². The molecule has 0 unspecified atom stereocenters. The summed E-state index contributed by atoms with van der Waals surface area (Å²) < 4.78 is 41.5. The summed E-state index contributed by atoms with van der Waals surface area (Å²) in [6.45, 7) is 0.0726. The van der Waals surface area contributed by atoms with E-state index >= 15 is 4.39 Å². The monoisotopic (exact) mass is 644 g/mol. The summed E-state index contributed by atoms with van der Waals surface area (Å²) >= 11 is 0. The van der Waals surface area contributed by atoms with E-state index in [1.165, 1.54) is 17.2 Å². The number of fused-ring (bicyclic) bond motifs is 1. The van der Waals surface area contributed by atoms with Gasteiger partial charge in [0.1, 0.15) is 40.8 Å². The van der Waals surface area contributed by atoms with Crippen LogP contribution in [0.5, 0.6) is 11.5 Å². The van der Waals surface area contributed by atoms with Gasteiger partial charge in [-0.2, -0.15) is 0 Å². The van der Waals surface area contributed by atoms with Gasteiger partial charge in [0, 0.05) is 12.0 Å². The normalized spacial score (nSPS) is 17.8. The minimum Gasteiger partial charge on any atom is -0.497 e. The SMILES string of the molecule is COc1ccc(C(OC[C@H]2C[C@@H](F)[C@H](n3cnc4c(C(=O)c5ccccc5)ncnc43)O2)(c2ccccc2)c2ccc(OC)cc2)cc1. The molecule has 0 saturated carbocycles. The third kappa shape index (κ3) is 5.69. The average Bonchev–Trinajstić information content (AvgIpc) is 3.75. The molecule has 10 heteroatoms. The molecular weight excluding hydrogens is 611 g/mol. The molecule has 1 aliphatic rings. The highest BCUT2D eigenvalue weighted by atomic mass is 19.1. The fraction of sp³-hybridized carbons (Fsp3) is 0.211. The van der Waals surface area contributed by atoms with Crippen LogP contribution in [-0.4, -0.2) is 58.4 Å². The van der Waals surface area contributed by atoms with Gasteiger partial charge in [-0.1, -0.05) is 84.9 Å². The Morgan fingerprint density at radius 3 is 2.00 bits per heavy atom. The molecule has 0 amide bonds. The van der Waals surface area contributed by atoms with E-state index in [1.807, 2.05) is 84.9 Å². The van der Waals surface area contributed by atoms with Crippen molar-refractivity contribution in [1.29, 1.82) is 0 Å². The zero-order valence-electron chi connectivity index (χ0n) is 26.4. The summed E-state index contributed by atoms with van der Waals surface area (Å²) in [5.74, 6) is 1.13. The maximum atomic E-state index is 15.8. The van der Waals surface area contributed by atoms with E-state index in [4.69, 9.17) is 18.9 Å². The molecule has 0 bridgehead atoms. The van der Waals surface area contributed by atoms with Crippen LogP contribution < -0.4 is 9.47 Å². The highest BCUT2D eigenvalue weighted by molar-refractivity contribution is 6.13. The van der Waals surface area contributed by atoms with Crippen molar-refractivity contribution in [3.05, 3.63) is 150 Å². The molecule has 1 saturated heterocycles. The average molecular weight is 645 g/mol. The summed E-state index contributed by atoms with van der Waals surface area (Å²) in [7, 11) is 3.25. The van der Waals surface area contributed by atoms with Crippen LogP contribution >= 0.6 is 0 Å². The van der Waals surface area contributed by atoms with E-state index < -0.39 is 24.1 Å². The molecule has 0 spiro atoms. The topological polar surface area (TPSA) is 97.6 Å². The maximum absolute atomic E-state index is 15.8. The van der Waals surface area contributed by atoms with Crippen LogP contribution in [0.4, 0.5) is 4.39 Å². The second-order valence-electron chi connectivity index (χ2n) is 11.5. The Hall–Kier alpha value is -5.45. The fourth-order valence-electron chi connectivity index (χ4n) is 6.28. The van der Waals surface area contributed by atoms with Crippen LogP contribution in [0.3, 0.4) is 0 Å². The summed E-state index contributed by atoms with van der Waals surface area (Å²) in [4.78, 5) is 26.2. The summed E-state index contributed by atoms with van der Waals surface area (Å²) in [6.07, 6.45) is -0.184. The van der Waals surface area contributed by atoms with Crippen LogP contribution in [0.25, 0.3) is 11.2 Å². The molecule has 4 aromatic carbocycles. The first kappa shape index (κ1) is 31.2. The molecule has 0 radical (unpaired) electrons. The molecule has 1 fully saturated rings. The summed E-state index contributed by atoms with van der Waals surface area (Å²) in [5, 5.41) is 0. The number of halogens is 1. The molecule has 48 heavy (non-hydrogen) atoms. The van der Waals surface area contributed by atoms with E-state index in [-0.39, 0.29) is 30.0 Å². The molecule has 0 N–H and O–H groups in total. The van der Waals surface area contributed by atoms with Gasteiger partial charge in [0.2, 0.25) is 5.78 Å². The quantitative estimate of drug-likeness (QED) is 0.113. The van der Waals surface area contributed by atoms with Crippen molar-refractivity contribution in [2.75, 3.05) is 20.8 Å². The Kier molecular flexibility index (Phi) is 8.66. The number of methoxy groups -OCH3 is 2. The van der Waals surface area contributed by atoms with Gasteiger partial charge in [0.15, 0.2) is 11.9 Å². The van der Waals surface area contributed by atoms with E-state index in [2.05, 4.69) is 15.0 Å². The predicted octanol–water partition coefficient (Wildman–Crippen LogP) is 6.71. The molecule has 0 aliphatic carbocycles. The maximum Gasteiger partial charge on any atom is 0.213 e. The number of aromatic nitrogens is 4. The van der Waals surface area contributed by atoms with Gasteiger partial charge in [-0.15, -0.1) is 0 Å². The van der Waals surface area contributed by atoms with Gasteiger partial charge in [-0.05, 0) is 41.0 Å². The zero-order chi connectivity index (χ0) is 33.1. The Morgan fingerprint density at radius 2 is 1.40 bits per heavy atom. The first-order valence-corrected chi connectivity index (χ1v) is 15.6. The van der Waals surface area contributed by atoms with Gasteiger partial charge in [0.25, 0.3) is 0 Å². The van der Waals surface area contributed by atoms with Gasteiger partial charge in [-0.25, -0.2) is 19.3 Å². The highest BCUT2D eigenvalue weighted by Gasteiger charge is 2.42. The van der Waals surface area contributed by atoms with E-state index in [9.17, 15) is 4.79 Å². The van der Waals surface area contributed by atoms with Crippen molar-refractivity contribution < 1.29 is 28.1 Å². The largest absolute Gasteiger partial charge is 0.497 e. The van der Waals surface area contributed by atoms with Crippen LogP contribution in [0.2, 0.25) is 0 Å². The second-order valence-corrected chi connectivity index (χ2v) is 11.5. The first-order valence-electron chi connectivity index (χ1n) is 15.6. The van der Waals surface area contributed by atoms with Gasteiger partial charge in [0.05, 0.1) is 33.3 Å². The lowest BCUT2D eigenvalue weighted by molar-refractivity contribution is -0.0804. The number of ether oxygens (including phenoxy) is 4. The second kappa shape index (κ2) is 13.3. The fourth-order valence-corrected chi connectivity index (χ4v) is 6.28. The molecule has 3 heterocycles. The van der Waals surface area contributed by atoms with Crippen molar-refractivity contribution in [2.24, 2.45) is 0 Å². The number of alkyl halides is 1. The molecule has 6 aromatic rings. The van der Waals surface area contributed by atoms with Crippen molar-refractivity contribution >= 4 is 16.9 Å². The molecule has 3 atom stereocenters. The van der Waals surface area contributed by atoms with E-state index in [1.54, 1.807) is 38.5 Å². The number of hydrogen-bond donors (Lipinski definition) is 0. The Balaban J connectivity index is 1.20. The lowest BCUT2D eigenvalue weighted by Gasteiger charge is -2.37. The van der Waals surface area contributed by atoms with Crippen molar-refractivity contribution in [1.82, 2.24) is 19.5 Å². The zero-order valence-corrected chi connectivity index (χ0v) is 26.4. The van der Waals surface area contributed by atoms with Crippen LogP contribution in [0, 0.1) is 0 Å². The van der Waals surface area contributed by atoms with Gasteiger partial charge in [-0.3, -0.25) is 9.36 Å². The minimum atomic E-state index is -1.38. The number of rotatable bonds is 11. The number of hydrogen-bond acceptors (Lipinski definition) is 8. The summed E-state index contributed by atoms with van der Waals surface area (Å²) in [6, 6.07) is 34.2. The number of carbonyl (C=O) groups is 1. The number of carbonyl (C=O) groups excluding carboxylic acids is 1. The lowest BCUT2D eigenvalue weighted by atomic mass is 9.80. The predicted molar refractivity (Wildman–Crippen MR) is 177 cm³/mol. The number of imidazole rings is 1. The smallest absolute Gasteiger partial charge is 0.213 e. The molecular formula is C38H33FN4O5. The van der Waals surface area contributed by atoms with Crippen LogP contribution in [-0.2, 0) is 15.1 Å². The van der Waals surface area contributed by atoms with E-state index in [0.717, 1.165) is 16.7 Å².